The Morgan fingerprint density at radius 3 is 2.32 bits per heavy atom. The van der Waals surface area contributed by atoms with Gasteiger partial charge in [0.2, 0.25) is 0 Å². The monoisotopic (exact) mass is 482 g/mol. The third-order valence-electron chi connectivity index (χ3n) is 6.31. The maximum Gasteiger partial charge on any atom is 0.266 e. The quantitative estimate of drug-likeness (QED) is 0.240. The Morgan fingerprint density at radius 1 is 0.946 bits per heavy atom. The van der Waals surface area contributed by atoms with Crippen LogP contribution in [0.1, 0.15) is 34.7 Å². The second kappa shape index (κ2) is 10.8. The second-order valence-electron chi connectivity index (χ2n) is 8.97. The van der Waals surface area contributed by atoms with Crippen LogP contribution in [-0.4, -0.2) is 11.6 Å². The van der Waals surface area contributed by atoms with Gasteiger partial charge in [0.25, 0.3) is 5.91 Å². The van der Waals surface area contributed by atoms with Gasteiger partial charge in [-0.3, -0.25) is 9.80 Å². The normalized spacial score (nSPS) is 15.1. The molecule has 1 aliphatic rings. The number of anilines is 2. The zero-order chi connectivity index (χ0) is 25.6. The molecule has 1 amide bonds. The molecule has 0 radical (unpaired) electrons. The highest BCUT2D eigenvalue weighted by atomic mass is 16.1. The summed E-state index contributed by atoms with van der Waals surface area (Å²) in [7, 11) is 0. The van der Waals surface area contributed by atoms with Gasteiger partial charge in [-0.05, 0) is 59.5 Å². The number of nitriles is 1. The van der Waals surface area contributed by atoms with E-state index in [1.807, 2.05) is 91.9 Å². The third-order valence-corrected chi connectivity index (χ3v) is 6.31. The maximum absolute atomic E-state index is 12.7. The van der Waals surface area contributed by atoms with Crippen LogP contribution >= 0.6 is 0 Å². The van der Waals surface area contributed by atoms with E-state index in [4.69, 9.17) is 5.10 Å². The van der Waals surface area contributed by atoms with Gasteiger partial charge in [-0.15, -0.1) is 0 Å². The van der Waals surface area contributed by atoms with Crippen molar-refractivity contribution in [3.05, 3.63) is 137 Å². The fourth-order valence-corrected chi connectivity index (χ4v) is 4.45. The van der Waals surface area contributed by atoms with E-state index in [2.05, 4.69) is 34.6 Å². The second-order valence-corrected chi connectivity index (χ2v) is 8.97. The number of amides is 1. The number of aryl methyl sites for hydroxylation is 1. The maximum atomic E-state index is 12.7. The molecule has 0 aliphatic carbocycles. The standard InChI is InChI=1S/C32H26N4O/c1-23-9-8-14-28(19-23)34-32(37)27(22-33)20-24-15-17-29(18-16-24)36-31(26-12-6-3-7-13-26)21-30(35-36)25-10-4-2-5-11-25/h2-20,31H,21H2,1H3,(H,34,37)/b27-20+. The molecule has 0 saturated heterocycles. The van der Waals surface area contributed by atoms with E-state index in [1.165, 1.54) is 5.56 Å². The number of nitrogens with zero attached hydrogens (tertiary/aromatic N) is 3. The summed E-state index contributed by atoms with van der Waals surface area (Å²) < 4.78 is 0. The first kappa shape index (κ1) is 23.8. The number of hydrazone groups is 1. The molecule has 37 heavy (non-hydrogen) atoms. The average molecular weight is 483 g/mol. The molecule has 5 heteroatoms. The summed E-state index contributed by atoms with van der Waals surface area (Å²) in [6.07, 6.45) is 2.40. The number of benzene rings is 4. The molecule has 0 fully saturated rings. The van der Waals surface area contributed by atoms with Crippen molar-refractivity contribution in [3.8, 4) is 6.07 Å². The number of carbonyl (C=O) groups excluding carboxylic acids is 1. The van der Waals surface area contributed by atoms with Crippen molar-refractivity contribution in [2.75, 3.05) is 10.3 Å². The highest BCUT2D eigenvalue weighted by Gasteiger charge is 2.29. The Kier molecular flexibility index (Phi) is 6.91. The first-order valence-corrected chi connectivity index (χ1v) is 12.2. The molecule has 0 saturated carbocycles. The first-order valence-electron chi connectivity index (χ1n) is 12.2. The van der Waals surface area contributed by atoms with Crippen LogP contribution in [-0.2, 0) is 4.79 Å². The van der Waals surface area contributed by atoms with Crippen molar-refractivity contribution in [1.82, 2.24) is 0 Å². The minimum absolute atomic E-state index is 0.0435. The molecule has 1 atom stereocenters. The van der Waals surface area contributed by atoms with Crippen molar-refractivity contribution in [2.24, 2.45) is 5.10 Å². The molecule has 5 nitrogen and oxygen atoms in total. The summed E-state index contributed by atoms with van der Waals surface area (Å²) in [4.78, 5) is 12.7. The van der Waals surface area contributed by atoms with E-state index in [-0.39, 0.29) is 11.6 Å². The van der Waals surface area contributed by atoms with Gasteiger partial charge in [0.05, 0.1) is 17.4 Å². The number of hydrogen-bond acceptors (Lipinski definition) is 4. The highest BCUT2D eigenvalue weighted by Crippen LogP contribution is 2.36. The largest absolute Gasteiger partial charge is 0.321 e. The Bertz CT molecular complexity index is 1500. The van der Waals surface area contributed by atoms with Gasteiger partial charge >= 0.3 is 0 Å². The number of rotatable bonds is 6. The van der Waals surface area contributed by atoms with Crippen LogP contribution in [0.15, 0.2) is 120 Å². The first-order chi connectivity index (χ1) is 18.1. The Hall–Kier alpha value is -4.95. The van der Waals surface area contributed by atoms with Crippen LogP contribution < -0.4 is 10.3 Å². The van der Waals surface area contributed by atoms with Crippen molar-refractivity contribution in [2.45, 2.75) is 19.4 Å². The van der Waals surface area contributed by atoms with Crippen molar-refractivity contribution in [1.29, 1.82) is 5.26 Å². The number of hydrogen-bond donors (Lipinski definition) is 1. The summed E-state index contributed by atoms with van der Waals surface area (Å²) >= 11 is 0. The topological polar surface area (TPSA) is 68.5 Å². The van der Waals surface area contributed by atoms with Crippen LogP contribution in [0.3, 0.4) is 0 Å². The van der Waals surface area contributed by atoms with E-state index in [0.29, 0.717) is 5.69 Å². The van der Waals surface area contributed by atoms with E-state index >= 15 is 0 Å². The van der Waals surface area contributed by atoms with Crippen LogP contribution in [0.4, 0.5) is 11.4 Å². The molecular formula is C32H26N4O. The Balaban J connectivity index is 1.40. The van der Waals surface area contributed by atoms with Crippen LogP contribution in [0.2, 0.25) is 0 Å². The van der Waals surface area contributed by atoms with E-state index in [1.54, 1.807) is 12.1 Å². The third kappa shape index (κ3) is 5.50. The Morgan fingerprint density at radius 2 is 1.65 bits per heavy atom. The van der Waals surface area contributed by atoms with Gasteiger partial charge in [0.15, 0.2) is 0 Å². The summed E-state index contributed by atoms with van der Waals surface area (Å²) in [5.74, 6) is -0.432. The summed E-state index contributed by atoms with van der Waals surface area (Å²) in [5.41, 5.74) is 6.80. The summed E-state index contributed by atoms with van der Waals surface area (Å²) in [5, 5.41) is 19.5. The molecule has 1 N–H and O–H groups in total. The van der Waals surface area contributed by atoms with Gasteiger partial charge in [0.1, 0.15) is 11.6 Å². The fraction of sp³-hybridized carbons (Fsp3) is 0.0938. The number of nitrogens with one attached hydrogen (secondary N) is 1. The van der Waals surface area contributed by atoms with Crippen molar-refractivity contribution < 1.29 is 4.79 Å². The van der Waals surface area contributed by atoms with Gasteiger partial charge < -0.3 is 5.32 Å². The molecule has 0 aromatic heterocycles. The lowest BCUT2D eigenvalue weighted by molar-refractivity contribution is -0.112. The number of carbonyl (C=O) groups is 1. The van der Waals surface area contributed by atoms with E-state index in [0.717, 1.165) is 34.5 Å². The van der Waals surface area contributed by atoms with Gasteiger partial charge in [0, 0.05) is 12.1 Å². The molecule has 1 aliphatic heterocycles. The molecule has 4 aromatic rings. The smallest absolute Gasteiger partial charge is 0.266 e. The summed E-state index contributed by atoms with van der Waals surface area (Å²) in [6, 6.07) is 38.0. The molecule has 4 aromatic carbocycles. The van der Waals surface area contributed by atoms with Crippen LogP contribution in [0.25, 0.3) is 6.08 Å². The average Bonchev–Trinajstić information content (AvgIpc) is 3.39. The Labute approximate surface area is 217 Å². The predicted molar refractivity (Wildman–Crippen MR) is 149 cm³/mol. The lowest BCUT2D eigenvalue weighted by Crippen LogP contribution is -2.18. The van der Waals surface area contributed by atoms with Crippen molar-refractivity contribution >= 4 is 29.1 Å². The molecule has 1 unspecified atom stereocenters. The molecule has 5 rings (SSSR count). The highest BCUT2D eigenvalue weighted by molar-refractivity contribution is 6.09. The molecule has 180 valence electrons. The predicted octanol–water partition coefficient (Wildman–Crippen LogP) is 6.90. The minimum atomic E-state index is -0.432. The molecular weight excluding hydrogens is 456 g/mol. The summed E-state index contributed by atoms with van der Waals surface area (Å²) in [6.45, 7) is 1.95. The van der Waals surface area contributed by atoms with Gasteiger partial charge in [-0.25, -0.2) is 0 Å². The van der Waals surface area contributed by atoms with Crippen LogP contribution in [0.5, 0.6) is 0 Å². The van der Waals surface area contributed by atoms with Gasteiger partial charge in [-0.1, -0.05) is 84.9 Å². The lowest BCUT2D eigenvalue weighted by Gasteiger charge is -2.24. The molecule has 1 heterocycles. The SMILES string of the molecule is Cc1cccc(NC(=O)/C(C#N)=C/c2ccc(N3N=C(c4ccccc4)CC3c3ccccc3)cc2)c1. The van der Waals surface area contributed by atoms with Crippen LogP contribution in [0, 0.1) is 18.3 Å². The molecule has 0 spiro atoms. The zero-order valence-electron chi connectivity index (χ0n) is 20.5. The minimum Gasteiger partial charge on any atom is -0.321 e. The fourth-order valence-electron chi connectivity index (χ4n) is 4.45. The van der Waals surface area contributed by atoms with E-state index in [9.17, 15) is 10.1 Å². The lowest BCUT2D eigenvalue weighted by atomic mass is 9.98. The van der Waals surface area contributed by atoms with Crippen molar-refractivity contribution in [3.63, 3.8) is 0 Å². The van der Waals surface area contributed by atoms with E-state index < -0.39 is 5.91 Å². The molecule has 0 bridgehead atoms. The van der Waals surface area contributed by atoms with Gasteiger partial charge in [-0.2, -0.15) is 10.4 Å². The zero-order valence-corrected chi connectivity index (χ0v) is 20.5.